The standard InChI is InChI=1S/C24H32N6O2/c1-16(2)26-8-9-30(20-10-21(31)13-22(11-20)32-5)19-6-7-23(25)24(12-19)28-17(3)18-14-27-29(4)15-18/h6-7,10-16,26,31H,8-9,25H2,1-5H3/b28-17+. The van der Waals surface area contributed by atoms with E-state index in [2.05, 4.69) is 29.2 Å². The van der Waals surface area contributed by atoms with Crippen LogP contribution in [0.4, 0.5) is 22.7 Å². The lowest BCUT2D eigenvalue weighted by atomic mass is 10.1. The van der Waals surface area contributed by atoms with E-state index in [0.717, 1.165) is 29.2 Å². The van der Waals surface area contributed by atoms with Gasteiger partial charge in [0.05, 0.1) is 24.7 Å². The number of rotatable bonds is 9. The zero-order valence-electron chi connectivity index (χ0n) is 19.3. The van der Waals surface area contributed by atoms with Crippen molar-refractivity contribution in [2.24, 2.45) is 12.0 Å². The van der Waals surface area contributed by atoms with E-state index in [1.54, 1.807) is 30.1 Å². The van der Waals surface area contributed by atoms with E-state index in [1.807, 2.05) is 44.4 Å². The maximum Gasteiger partial charge on any atom is 0.124 e. The highest BCUT2D eigenvalue weighted by Gasteiger charge is 2.14. The van der Waals surface area contributed by atoms with Crippen molar-refractivity contribution in [3.63, 3.8) is 0 Å². The molecule has 0 saturated heterocycles. The first kappa shape index (κ1) is 23.1. The summed E-state index contributed by atoms with van der Waals surface area (Å²) in [6, 6.07) is 11.3. The Bertz CT molecular complexity index is 1090. The fourth-order valence-corrected chi connectivity index (χ4v) is 3.36. The molecule has 1 aromatic heterocycles. The first-order valence-corrected chi connectivity index (χ1v) is 10.6. The summed E-state index contributed by atoms with van der Waals surface area (Å²) in [4.78, 5) is 6.87. The van der Waals surface area contributed by atoms with Crippen LogP contribution in [0.2, 0.25) is 0 Å². The van der Waals surface area contributed by atoms with Crippen LogP contribution in [-0.4, -0.2) is 46.8 Å². The number of aliphatic imine (C=N–C) groups is 1. The van der Waals surface area contributed by atoms with Gasteiger partial charge in [-0.05, 0) is 25.1 Å². The van der Waals surface area contributed by atoms with Gasteiger partial charge >= 0.3 is 0 Å². The van der Waals surface area contributed by atoms with Gasteiger partial charge < -0.3 is 25.8 Å². The molecule has 0 saturated carbocycles. The maximum absolute atomic E-state index is 10.2. The molecule has 0 amide bonds. The van der Waals surface area contributed by atoms with Gasteiger partial charge in [0.15, 0.2) is 0 Å². The van der Waals surface area contributed by atoms with E-state index in [9.17, 15) is 5.11 Å². The summed E-state index contributed by atoms with van der Waals surface area (Å²) in [5.74, 6) is 0.727. The Morgan fingerprint density at radius 3 is 2.69 bits per heavy atom. The number of ether oxygens (including phenoxy) is 1. The molecule has 0 bridgehead atoms. The molecule has 3 rings (SSSR count). The number of methoxy groups -OCH3 is 1. The number of nitrogens with one attached hydrogen (secondary N) is 1. The number of hydrogen-bond acceptors (Lipinski definition) is 7. The van der Waals surface area contributed by atoms with Crippen LogP contribution in [-0.2, 0) is 7.05 Å². The van der Waals surface area contributed by atoms with Crippen LogP contribution < -0.4 is 20.7 Å². The van der Waals surface area contributed by atoms with Crippen molar-refractivity contribution in [1.82, 2.24) is 15.1 Å². The van der Waals surface area contributed by atoms with E-state index >= 15 is 0 Å². The molecule has 0 unspecified atom stereocenters. The molecular formula is C24H32N6O2. The van der Waals surface area contributed by atoms with Crippen LogP contribution in [0.25, 0.3) is 0 Å². The number of aryl methyl sites for hydroxylation is 1. The highest BCUT2D eigenvalue weighted by molar-refractivity contribution is 6.00. The monoisotopic (exact) mass is 436 g/mol. The molecule has 170 valence electrons. The Balaban J connectivity index is 2.00. The van der Waals surface area contributed by atoms with Crippen LogP contribution in [0.1, 0.15) is 26.3 Å². The second-order valence-corrected chi connectivity index (χ2v) is 7.99. The fourth-order valence-electron chi connectivity index (χ4n) is 3.36. The lowest BCUT2D eigenvalue weighted by Gasteiger charge is -2.27. The van der Waals surface area contributed by atoms with Crippen LogP contribution >= 0.6 is 0 Å². The molecular weight excluding hydrogens is 404 g/mol. The summed E-state index contributed by atoms with van der Waals surface area (Å²) in [7, 11) is 3.46. The van der Waals surface area contributed by atoms with Crippen molar-refractivity contribution in [2.75, 3.05) is 30.8 Å². The number of aromatic nitrogens is 2. The first-order valence-electron chi connectivity index (χ1n) is 10.6. The van der Waals surface area contributed by atoms with Crippen LogP contribution in [0.3, 0.4) is 0 Å². The Morgan fingerprint density at radius 1 is 1.25 bits per heavy atom. The Kier molecular flexibility index (Phi) is 7.37. The topological polar surface area (TPSA) is 101 Å². The molecule has 0 spiro atoms. The smallest absolute Gasteiger partial charge is 0.124 e. The normalized spacial score (nSPS) is 11.8. The van der Waals surface area contributed by atoms with E-state index in [0.29, 0.717) is 29.7 Å². The number of hydrogen-bond donors (Lipinski definition) is 3. The lowest BCUT2D eigenvalue weighted by Crippen LogP contribution is -2.32. The molecule has 0 radical (unpaired) electrons. The minimum absolute atomic E-state index is 0.141. The van der Waals surface area contributed by atoms with Gasteiger partial charge in [0.2, 0.25) is 0 Å². The molecule has 0 fully saturated rings. The van der Waals surface area contributed by atoms with E-state index in [-0.39, 0.29) is 5.75 Å². The molecule has 1 heterocycles. The molecule has 8 nitrogen and oxygen atoms in total. The molecule has 3 aromatic rings. The van der Waals surface area contributed by atoms with Crippen molar-refractivity contribution in [3.05, 3.63) is 54.4 Å². The Hall–Kier alpha value is -3.52. The van der Waals surface area contributed by atoms with E-state index < -0.39 is 0 Å². The summed E-state index contributed by atoms with van der Waals surface area (Å²) < 4.78 is 7.10. The lowest BCUT2D eigenvalue weighted by molar-refractivity contribution is 0.408. The summed E-state index contributed by atoms with van der Waals surface area (Å²) >= 11 is 0. The molecule has 0 aliphatic rings. The number of benzene rings is 2. The third-order valence-corrected chi connectivity index (χ3v) is 5.05. The second-order valence-electron chi connectivity index (χ2n) is 7.99. The maximum atomic E-state index is 10.2. The number of nitrogens with two attached hydrogens (primary N) is 1. The van der Waals surface area contributed by atoms with E-state index in [1.165, 1.54) is 0 Å². The molecule has 0 atom stereocenters. The summed E-state index contributed by atoms with van der Waals surface area (Å²) in [5, 5.41) is 17.9. The third kappa shape index (κ3) is 5.79. The number of anilines is 3. The largest absolute Gasteiger partial charge is 0.508 e. The van der Waals surface area contributed by atoms with Gasteiger partial charge in [0, 0.05) is 73.2 Å². The highest BCUT2D eigenvalue weighted by atomic mass is 16.5. The van der Waals surface area contributed by atoms with Gasteiger partial charge in [-0.1, -0.05) is 13.8 Å². The molecule has 0 aliphatic carbocycles. The van der Waals surface area contributed by atoms with Crippen molar-refractivity contribution < 1.29 is 9.84 Å². The fraction of sp³-hybridized carbons (Fsp3) is 0.333. The van der Waals surface area contributed by atoms with Crippen LogP contribution in [0.15, 0.2) is 53.8 Å². The Labute approximate surface area is 189 Å². The molecule has 4 N–H and O–H groups in total. The number of phenols is 1. The predicted octanol–water partition coefficient (Wildman–Crippen LogP) is 3.99. The summed E-state index contributed by atoms with van der Waals surface area (Å²) in [6.45, 7) is 7.60. The number of nitrogens with zero attached hydrogens (tertiary/aromatic N) is 4. The van der Waals surface area contributed by atoms with Gasteiger partial charge in [0.1, 0.15) is 11.5 Å². The van der Waals surface area contributed by atoms with Gasteiger partial charge in [-0.2, -0.15) is 5.10 Å². The molecule has 8 heteroatoms. The van der Waals surface area contributed by atoms with Gasteiger partial charge in [0.25, 0.3) is 0 Å². The van der Waals surface area contributed by atoms with Crippen molar-refractivity contribution in [2.45, 2.75) is 26.8 Å². The average Bonchev–Trinajstić information content (AvgIpc) is 3.18. The predicted molar refractivity (Wildman–Crippen MR) is 131 cm³/mol. The zero-order chi connectivity index (χ0) is 23.3. The zero-order valence-corrected chi connectivity index (χ0v) is 19.3. The molecule has 0 aliphatic heterocycles. The minimum Gasteiger partial charge on any atom is -0.508 e. The quantitative estimate of drug-likeness (QED) is 0.346. The van der Waals surface area contributed by atoms with Gasteiger partial charge in [-0.15, -0.1) is 0 Å². The Morgan fingerprint density at radius 2 is 2.03 bits per heavy atom. The van der Waals surface area contributed by atoms with Crippen molar-refractivity contribution >= 4 is 28.5 Å². The van der Waals surface area contributed by atoms with Crippen LogP contribution in [0.5, 0.6) is 11.5 Å². The van der Waals surface area contributed by atoms with Gasteiger partial charge in [-0.25, -0.2) is 0 Å². The minimum atomic E-state index is 0.141. The average molecular weight is 437 g/mol. The molecule has 32 heavy (non-hydrogen) atoms. The summed E-state index contributed by atoms with van der Waals surface area (Å²) in [6.07, 6.45) is 3.70. The van der Waals surface area contributed by atoms with Crippen molar-refractivity contribution in [3.8, 4) is 11.5 Å². The van der Waals surface area contributed by atoms with E-state index in [4.69, 9.17) is 15.5 Å². The van der Waals surface area contributed by atoms with Gasteiger partial charge in [-0.3, -0.25) is 9.67 Å². The SMILES string of the molecule is COc1cc(O)cc(N(CCNC(C)C)c2ccc(N)c(/N=C(\C)c3cnn(C)c3)c2)c1. The second kappa shape index (κ2) is 10.2. The first-order chi connectivity index (χ1) is 15.3. The van der Waals surface area contributed by atoms with Crippen molar-refractivity contribution in [1.29, 1.82) is 0 Å². The van der Waals surface area contributed by atoms with Crippen LogP contribution in [0, 0.1) is 0 Å². The third-order valence-electron chi connectivity index (χ3n) is 5.05. The number of phenolic OH excluding ortho intramolecular Hbond substituents is 1. The highest BCUT2D eigenvalue weighted by Crippen LogP contribution is 2.35. The summed E-state index contributed by atoms with van der Waals surface area (Å²) in [5.41, 5.74) is 11.0. The number of nitrogen functional groups attached to an aromatic ring is 1. The number of aromatic hydroxyl groups is 1. The molecule has 2 aromatic carbocycles.